The third-order valence-electron chi connectivity index (χ3n) is 4.90. The third kappa shape index (κ3) is 5.83. The minimum atomic E-state index is -2.22. The van der Waals surface area contributed by atoms with Crippen LogP contribution in [0.15, 0.2) is 71.3 Å². The number of carboxylic acids is 1. The fraction of sp³-hybridized carbons (Fsp3) is 0.259. The van der Waals surface area contributed by atoms with Gasteiger partial charge in [0.15, 0.2) is 0 Å². The summed E-state index contributed by atoms with van der Waals surface area (Å²) in [6.45, 7) is 0.0113. The molecule has 6 nitrogen and oxygen atoms in total. The Hall–Kier alpha value is -3.98. The number of rotatable bonds is 9. The van der Waals surface area contributed by atoms with E-state index in [2.05, 4.69) is 11.8 Å². The lowest BCUT2D eigenvalue weighted by Crippen LogP contribution is -2.33. The van der Waals surface area contributed by atoms with Gasteiger partial charge < -0.3 is 19.2 Å². The van der Waals surface area contributed by atoms with Gasteiger partial charge in [0, 0.05) is 34.2 Å². The second-order valence-corrected chi connectivity index (χ2v) is 7.22. The Labute approximate surface area is 198 Å². The summed E-state index contributed by atoms with van der Waals surface area (Å²) in [4.78, 5) is 25.6. The summed E-state index contributed by atoms with van der Waals surface area (Å²) in [6, 6.07) is 14.9. The normalized spacial score (nSPS) is 21.9. The highest BCUT2D eigenvalue weighted by molar-refractivity contribution is 6.00. The molecule has 168 valence electrons. The van der Waals surface area contributed by atoms with Crippen LogP contribution in [0.4, 0.5) is 0 Å². The molecule has 0 saturated heterocycles. The first-order chi connectivity index (χ1) is 17.7. The standard InChI is InChI=1S/C27H25NO5/c29-26(30)14-2-1-7-17-32-24-12-6-3-9-20(24)19-28(21-15-16-21)27(31)23-11-5-4-10-22(23)25-13-8-18-33-25/h3-6,8-13,18,21H,7,14-17,19H2,(H,29,30)/i15D,16D2,21D. The van der Waals surface area contributed by atoms with Crippen LogP contribution in [0.25, 0.3) is 11.3 Å². The number of ether oxygens (including phenoxy) is 1. The molecule has 2 unspecified atom stereocenters. The molecule has 0 radical (unpaired) electrons. The lowest BCUT2D eigenvalue weighted by molar-refractivity contribution is -0.135. The van der Waals surface area contributed by atoms with Gasteiger partial charge in [-0.3, -0.25) is 9.59 Å². The summed E-state index contributed by atoms with van der Waals surface area (Å²) in [5, 5.41) is 8.67. The van der Waals surface area contributed by atoms with Crippen LogP contribution < -0.4 is 4.74 Å². The van der Waals surface area contributed by atoms with Gasteiger partial charge in [-0.1, -0.05) is 48.2 Å². The maximum atomic E-state index is 13.9. The van der Waals surface area contributed by atoms with E-state index in [9.17, 15) is 9.59 Å². The number of benzene rings is 2. The molecule has 1 aliphatic rings. The van der Waals surface area contributed by atoms with Gasteiger partial charge in [0.25, 0.3) is 5.91 Å². The topological polar surface area (TPSA) is 80.0 Å². The van der Waals surface area contributed by atoms with E-state index in [-0.39, 0.29) is 25.1 Å². The fourth-order valence-corrected chi connectivity index (χ4v) is 3.30. The van der Waals surface area contributed by atoms with Crippen molar-refractivity contribution in [2.75, 3.05) is 6.61 Å². The third-order valence-corrected chi connectivity index (χ3v) is 4.90. The quantitative estimate of drug-likeness (QED) is 0.369. The number of hydrogen-bond donors (Lipinski definition) is 1. The van der Waals surface area contributed by atoms with E-state index < -0.39 is 30.7 Å². The Balaban J connectivity index is 1.63. The zero-order valence-corrected chi connectivity index (χ0v) is 17.8. The molecule has 2 atom stereocenters. The Morgan fingerprint density at radius 2 is 1.94 bits per heavy atom. The first kappa shape index (κ1) is 17.6. The molecule has 0 spiro atoms. The molecule has 1 amide bonds. The number of carbonyl (C=O) groups is 2. The Morgan fingerprint density at radius 3 is 2.70 bits per heavy atom. The van der Waals surface area contributed by atoms with Crippen LogP contribution in [0.5, 0.6) is 5.75 Å². The highest BCUT2D eigenvalue weighted by Gasteiger charge is 2.34. The van der Waals surface area contributed by atoms with Crippen molar-refractivity contribution >= 4 is 11.9 Å². The van der Waals surface area contributed by atoms with Crippen molar-refractivity contribution in [1.29, 1.82) is 0 Å². The molecule has 4 rings (SSSR count). The zero-order valence-electron chi connectivity index (χ0n) is 21.8. The van der Waals surface area contributed by atoms with Crippen molar-refractivity contribution in [1.82, 2.24) is 4.90 Å². The highest BCUT2D eigenvalue weighted by Crippen LogP contribution is 2.34. The fourth-order valence-electron chi connectivity index (χ4n) is 3.30. The lowest BCUT2D eigenvalue weighted by Gasteiger charge is -2.25. The van der Waals surface area contributed by atoms with Crippen molar-refractivity contribution in [3.8, 4) is 28.9 Å². The van der Waals surface area contributed by atoms with Crippen molar-refractivity contribution in [2.45, 2.75) is 38.2 Å². The summed E-state index contributed by atoms with van der Waals surface area (Å²) in [6.07, 6.45) is -2.15. The Morgan fingerprint density at radius 1 is 1.15 bits per heavy atom. The van der Waals surface area contributed by atoms with Crippen LogP contribution >= 0.6 is 0 Å². The lowest BCUT2D eigenvalue weighted by atomic mass is 10.0. The Bertz CT molecular complexity index is 1350. The van der Waals surface area contributed by atoms with E-state index in [1.807, 2.05) is 0 Å². The van der Waals surface area contributed by atoms with Crippen LogP contribution in [0.3, 0.4) is 0 Å². The summed E-state index contributed by atoms with van der Waals surface area (Å²) in [5.74, 6) is 4.53. The van der Waals surface area contributed by atoms with Gasteiger partial charge >= 0.3 is 5.97 Å². The zero-order chi connectivity index (χ0) is 26.6. The molecule has 1 heterocycles. The second kappa shape index (κ2) is 10.6. The van der Waals surface area contributed by atoms with Crippen LogP contribution in [0.2, 0.25) is 0 Å². The van der Waals surface area contributed by atoms with Crippen LogP contribution in [0.1, 0.15) is 47.0 Å². The Kier molecular flexibility index (Phi) is 5.62. The van der Waals surface area contributed by atoms with Crippen LogP contribution in [-0.2, 0) is 11.3 Å². The summed E-state index contributed by atoms with van der Waals surface area (Å²) in [5.41, 5.74) is 1.26. The van der Waals surface area contributed by atoms with E-state index >= 15 is 0 Å². The minimum Gasteiger partial charge on any atom is -0.492 e. The maximum Gasteiger partial charge on any atom is 0.315 e. The average molecular weight is 448 g/mol. The summed E-state index contributed by atoms with van der Waals surface area (Å²) >= 11 is 0. The van der Waals surface area contributed by atoms with Crippen LogP contribution in [0, 0.1) is 11.8 Å². The van der Waals surface area contributed by atoms with E-state index in [0.717, 1.165) is 4.90 Å². The van der Waals surface area contributed by atoms with Gasteiger partial charge in [0.05, 0.1) is 19.8 Å². The van der Waals surface area contributed by atoms with Crippen molar-refractivity contribution < 1.29 is 29.3 Å². The molecule has 0 aliphatic heterocycles. The van der Waals surface area contributed by atoms with Crippen molar-refractivity contribution in [2.24, 2.45) is 0 Å². The highest BCUT2D eigenvalue weighted by atomic mass is 16.5. The largest absolute Gasteiger partial charge is 0.492 e. The smallest absolute Gasteiger partial charge is 0.315 e. The van der Waals surface area contributed by atoms with E-state index in [4.69, 9.17) is 19.7 Å². The molecule has 2 aromatic carbocycles. The number of para-hydroxylation sites is 1. The van der Waals surface area contributed by atoms with Crippen LogP contribution in [-0.4, -0.2) is 34.5 Å². The summed E-state index contributed by atoms with van der Waals surface area (Å²) in [7, 11) is 0. The number of aliphatic carboxylic acids is 1. The number of furan rings is 1. The number of hydrogen-bond acceptors (Lipinski definition) is 4. The number of carbonyl (C=O) groups excluding carboxylic acids is 1. The van der Waals surface area contributed by atoms with Crippen molar-refractivity contribution in [3.63, 3.8) is 0 Å². The first-order valence-corrected chi connectivity index (χ1v) is 10.4. The van der Waals surface area contributed by atoms with E-state index in [0.29, 0.717) is 29.1 Å². The van der Waals surface area contributed by atoms with Gasteiger partial charge in [-0.25, -0.2) is 0 Å². The van der Waals surface area contributed by atoms with Gasteiger partial charge in [-0.15, -0.1) is 0 Å². The molecule has 6 heteroatoms. The number of nitrogens with zero attached hydrogens (tertiary/aromatic N) is 1. The van der Waals surface area contributed by atoms with E-state index in [1.165, 1.54) is 6.26 Å². The molecular formula is C27H25NO5. The SMILES string of the molecule is [2H]C1C([2H])([2H])C1([2H])N(Cc1ccccc1OCCC#CCC(=O)O)C(=O)c1ccccc1-c1ccco1. The summed E-state index contributed by atoms with van der Waals surface area (Å²) < 4.78 is 44.7. The predicted molar refractivity (Wildman–Crippen MR) is 124 cm³/mol. The molecule has 1 aromatic heterocycles. The van der Waals surface area contributed by atoms with Crippen molar-refractivity contribution in [3.05, 3.63) is 78.1 Å². The molecule has 1 N–H and O–H groups in total. The van der Waals surface area contributed by atoms with E-state index in [1.54, 1.807) is 60.7 Å². The van der Waals surface area contributed by atoms with Gasteiger partial charge in [0.2, 0.25) is 0 Å². The minimum absolute atomic E-state index is 0.162. The monoisotopic (exact) mass is 447 g/mol. The van der Waals surface area contributed by atoms with Gasteiger partial charge in [-0.05, 0) is 37.0 Å². The first-order valence-electron chi connectivity index (χ1n) is 12.5. The number of carboxylic acid groups (broad SMARTS) is 1. The van der Waals surface area contributed by atoms with Gasteiger partial charge in [0.1, 0.15) is 17.9 Å². The molecule has 0 bridgehead atoms. The molecule has 33 heavy (non-hydrogen) atoms. The number of amides is 1. The maximum absolute atomic E-state index is 13.9. The van der Waals surface area contributed by atoms with Gasteiger partial charge in [-0.2, -0.15) is 0 Å². The molecule has 1 saturated carbocycles. The average Bonchev–Trinajstić information content (AvgIpc) is 3.27. The molecular weight excluding hydrogens is 418 g/mol. The molecule has 1 aliphatic carbocycles. The molecule has 3 aromatic rings. The predicted octanol–water partition coefficient (Wildman–Crippen LogP) is 5.00. The molecule has 1 fully saturated rings. The second-order valence-electron chi connectivity index (χ2n) is 7.22.